The minimum absolute atomic E-state index is 0.0554. The third-order valence-electron chi connectivity index (χ3n) is 4.75. The Hall–Kier alpha value is -2.51. The van der Waals surface area contributed by atoms with E-state index in [9.17, 15) is 4.57 Å². The van der Waals surface area contributed by atoms with Crippen LogP contribution in [0.4, 0.5) is 0 Å². The fraction of sp³-hybridized carbons (Fsp3) is 0.417. The second-order valence-corrected chi connectivity index (χ2v) is 9.63. The molecule has 0 fully saturated rings. The lowest BCUT2D eigenvalue weighted by Crippen LogP contribution is -2.34. The minimum atomic E-state index is -3.78. The Morgan fingerprint density at radius 2 is 1.91 bits per heavy atom. The molecule has 1 aromatic rings. The molecule has 3 unspecified atom stereocenters. The Bertz CT molecular complexity index is 887. The number of para-hydroxylation sites is 1. The lowest BCUT2D eigenvalue weighted by Gasteiger charge is -2.30. The van der Waals surface area contributed by atoms with E-state index in [4.69, 9.17) is 18.5 Å². The number of hydrogen-bond donors (Lipinski definition) is 2. The number of nitrogens with zero attached hydrogens (tertiary/aromatic N) is 1. The van der Waals surface area contributed by atoms with Crippen molar-refractivity contribution >= 4 is 7.75 Å². The van der Waals surface area contributed by atoms with E-state index in [-0.39, 0.29) is 18.8 Å². The summed E-state index contributed by atoms with van der Waals surface area (Å²) < 4.78 is 36.4. The first-order valence-electron chi connectivity index (χ1n) is 10.9. The number of rotatable bonds is 14. The van der Waals surface area contributed by atoms with Crippen LogP contribution in [0, 0.1) is 0 Å². The molecule has 0 spiro atoms. The first-order chi connectivity index (χ1) is 15.6. The number of hydrogen-bond acceptors (Lipinski definition) is 7. The predicted molar refractivity (Wildman–Crippen MR) is 131 cm³/mol. The van der Waals surface area contributed by atoms with Gasteiger partial charge in [-0.25, -0.2) is 9.65 Å². The van der Waals surface area contributed by atoms with Crippen LogP contribution in [0.2, 0.25) is 0 Å². The Morgan fingerprint density at radius 1 is 1.21 bits per heavy atom. The average Bonchev–Trinajstić information content (AvgIpc) is 2.75. The van der Waals surface area contributed by atoms with Gasteiger partial charge in [-0.3, -0.25) is 4.52 Å². The summed E-state index contributed by atoms with van der Waals surface area (Å²) in [5.74, 6) is 1.60. The van der Waals surface area contributed by atoms with Crippen LogP contribution >= 0.6 is 7.75 Å². The maximum Gasteiger partial charge on any atom is 0.459 e. The highest BCUT2D eigenvalue weighted by molar-refractivity contribution is 7.52. The van der Waals surface area contributed by atoms with Crippen LogP contribution in [0.5, 0.6) is 5.75 Å². The lowest BCUT2D eigenvalue weighted by atomic mass is 10.2. The number of ether oxygens (including phenoxy) is 2. The molecular weight excluding hydrogens is 441 g/mol. The molecule has 1 aliphatic heterocycles. The second kappa shape index (κ2) is 12.7. The van der Waals surface area contributed by atoms with Crippen LogP contribution in [0.1, 0.15) is 27.2 Å². The van der Waals surface area contributed by atoms with Gasteiger partial charge in [-0.05, 0) is 45.4 Å². The summed E-state index contributed by atoms with van der Waals surface area (Å²) >= 11 is 0. The minimum Gasteiger partial charge on any atom is -0.494 e. The highest BCUT2D eigenvalue weighted by Gasteiger charge is 2.32. The van der Waals surface area contributed by atoms with E-state index in [1.807, 2.05) is 37.1 Å². The van der Waals surface area contributed by atoms with Crippen molar-refractivity contribution in [2.45, 2.75) is 45.4 Å². The van der Waals surface area contributed by atoms with Crippen LogP contribution in [0.3, 0.4) is 0 Å². The summed E-state index contributed by atoms with van der Waals surface area (Å²) in [4.78, 5) is 1.95. The zero-order valence-electron chi connectivity index (χ0n) is 20.0. The Kier molecular flexibility index (Phi) is 10.3. The summed E-state index contributed by atoms with van der Waals surface area (Å²) in [5, 5.41) is 6.00. The van der Waals surface area contributed by atoms with Crippen LogP contribution in [-0.2, 0) is 18.6 Å². The van der Waals surface area contributed by atoms with E-state index < -0.39 is 13.8 Å². The third kappa shape index (κ3) is 9.10. The normalized spacial score (nSPS) is 17.3. The number of methoxy groups -OCH3 is 1. The average molecular weight is 478 g/mol. The van der Waals surface area contributed by atoms with Crippen molar-refractivity contribution in [2.24, 2.45) is 0 Å². The van der Waals surface area contributed by atoms with E-state index in [1.54, 1.807) is 38.3 Å². The van der Waals surface area contributed by atoms with Gasteiger partial charge in [-0.1, -0.05) is 37.9 Å². The molecule has 9 heteroatoms. The van der Waals surface area contributed by atoms with E-state index in [0.717, 1.165) is 11.5 Å². The zero-order valence-corrected chi connectivity index (χ0v) is 20.8. The molecule has 8 nitrogen and oxygen atoms in total. The van der Waals surface area contributed by atoms with Crippen molar-refractivity contribution < 1.29 is 23.1 Å². The quantitative estimate of drug-likeness (QED) is 0.289. The summed E-state index contributed by atoms with van der Waals surface area (Å²) in [6, 6.07) is 8.40. The SMILES string of the molecule is C=C1C=CN(CCC(COP(=O)(NC(C)C(=C)OC(C)C)Oc2ccccc2)OC)C(=C)N1. The molecule has 0 saturated carbocycles. The van der Waals surface area contributed by atoms with Crippen molar-refractivity contribution in [1.82, 2.24) is 15.3 Å². The molecule has 182 valence electrons. The fourth-order valence-electron chi connectivity index (χ4n) is 2.94. The van der Waals surface area contributed by atoms with E-state index in [2.05, 4.69) is 30.1 Å². The molecule has 0 radical (unpaired) electrons. The molecule has 2 N–H and O–H groups in total. The summed E-state index contributed by atoms with van der Waals surface area (Å²) in [5.41, 5.74) is 0.783. The number of allylic oxidation sites excluding steroid dienone is 1. The molecule has 1 aromatic carbocycles. The Balaban J connectivity index is 2.03. The van der Waals surface area contributed by atoms with Crippen LogP contribution in [0.15, 0.2) is 79.6 Å². The van der Waals surface area contributed by atoms with Gasteiger partial charge in [0.1, 0.15) is 17.3 Å². The van der Waals surface area contributed by atoms with Gasteiger partial charge in [0, 0.05) is 25.6 Å². The molecule has 2 rings (SSSR count). The molecule has 3 atom stereocenters. The molecule has 0 aliphatic carbocycles. The molecule has 0 amide bonds. The van der Waals surface area contributed by atoms with Crippen molar-refractivity contribution in [3.63, 3.8) is 0 Å². The Morgan fingerprint density at radius 3 is 2.52 bits per heavy atom. The largest absolute Gasteiger partial charge is 0.494 e. The van der Waals surface area contributed by atoms with Gasteiger partial charge in [-0.15, -0.1) is 0 Å². The molecule has 33 heavy (non-hydrogen) atoms. The summed E-state index contributed by atoms with van der Waals surface area (Å²) in [6.45, 7) is 18.0. The van der Waals surface area contributed by atoms with Gasteiger partial charge in [-0.2, -0.15) is 0 Å². The van der Waals surface area contributed by atoms with Crippen LogP contribution < -0.4 is 14.9 Å². The first-order valence-corrected chi connectivity index (χ1v) is 12.4. The second-order valence-electron chi connectivity index (χ2n) is 7.93. The smallest absolute Gasteiger partial charge is 0.459 e. The molecule has 1 heterocycles. The molecule has 1 aliphatic rings. The van der Waals surface area contributed by atoms with Gasteiger partial charge in [0.05, 0.1) is 24.9 Å². The molecular formula is C24H36N3O5P. The maximum absolute atomic E-state index is 13.6. The van der Waals surface area contributed by atoms with Gasteiger partial charge in [0.2, 0.25) is 0 Å². The van der Waals surface area contributed by atoms with Crippen LogP contribution in [-0.4, -0.2) is 43.4 Å². The number of nitrogens with one attached hydrogen (secondary N) is 2. The highest BCUT2D eigenvalue weighted by Crippen LogP contribution is 2.45. The van der Waals surface area contributed by atoms with Crippen molar-refractivity contribution in [1.29, 1.82) is 0 Å². The zero-order chi connectivity index (χ0) is 24.4. The van der Waals surface area contributed by atoms with Crippen molar-refractivity contribution in [2.75, 3.05) is 20.3 Å². The number of benzene rings is 1. The summed E-state index contributed by atoms with van der Waals surface area (Å²) in [6.07, 6.45) is 4.00. The monoisotopic (exact) mass is 477 g/mol. The fourth-order valence-corrected chi connectivity index (χ4v) is 4.50. The van der Waals surface area contributed by atoms with E-state index >= 15 is 0 Å². The van der Waals surface area contributed by atoms with Crippen molar-refractivity contribution in [3.05, 3.63) is 79.6 Å². The van der Waals surface area contributed by atoms with E-state index in [1.165, 1.54) is 0 Å². The van der Waals surface area contributed by atoms with Gasteiger partial charge < -0.3 is 24.2 Å². The van der Waals surface area contributed by atoms with Crippen molar-refractivity contribution in [3.8, 4) is 5.75 Å². The summed E-state index contributed by atoms with van der Waals surface area (Å²) in [7, 11) is -2.19. The van der Waals surface area contributed by atoms with E-state index in [0.29, 0.717) is 24.5 Å². The van der Waals surface area contributed by atoms with Gasteiger partial charge >= 0.3 is 7.75 Å². The first kappa shape index (κ1) is 26.7. The van der Waals surface area contributed by atoms with Gasteiger partial charge in [0.15, 0.2) is 0 Å². The standard InChI is InChI=1S/C24H36N3O5P/c1-18(2)31-21(5)20(4)26-33(28,32-23-11-9-8-10-12-23)30-17-24(29-7)14-16-27-15-13-19(3)25-22(27)6/h8-13,15,18,20,24-25H,3,5-6,14,16-17H2,1-2,4,7H3,(H,26,28). The molecule has 0 aromatic heterocycles. The third-order valence-corrected chi connectivity index (χ3v) is 6.40. The molecule has 0 saturated heterocycles. The maximum atomic E-state index is 13.6. The lowest BCUT2D eigenvalue weighted by molar-refractivity contribution is 0.0434. The Labute approximate surface area is 197 Å². The molecule has 0 bridgehead atoms. The van der Waals surface area contributed by atoms with Gasteiger partial charge in [0.25, 0.3) is 0 Å². The topological polar surface area (TPSA) is 81.3 Å². The highest BCUT2D eigenvalue weighted by atomic mass is 31.2. The predicted octanol–water partition coefficient (Wildman–Crippen LogP) is 4.92. The van der Waals surface area contributed by atoms with Crippen LogP contribution in [0.25, 0.3) is 0 Å².